The van der Waals surface area contributed by atoms with E-state index in [2.05, 4.69) is 10.2 Å². The van der Waals surface area contributed by atoms with E-state index in [1.807, 2.05) is 30.3 Å². The van der Waals surface area contributed by atoms with Crippen LogP contribution in [0.5, 0.6) is 0 Å². The van der Waals surface area contributed by atoms with Crippen LogP contribution in [-0.2, 0) is 4.74 Å². The van der Waals surface area contributed by atoms with Crippen LogP contribution in [0.25, 0.3) is 10.1 Å². The molecule has 1 aliphatic heterocycles. The van der Waals surface area contributed by atoms with E-state index >= 15 is 0 Å². The molecule has 0 N–H and O–H groups in total. The summed E-state index contributed by atoms with van der Waals surface area (Å²) >= 11 is 1.52. The van der Waals surface area contributed by atoms with E-state index in [9.17, 15) is 4.79 Å². The smallest absolute Gasteiger partial charge is 0.264 e. The maximum absolute atomic E-state index is 12.8. The third kappa shape index (κ3) is 2.73. The molecular weight excluding hydrogens is 314 g/mol. The van der Waals surface area contributed by atoms with Gasteiger partial charge < -0.3 is 14.1 Å². The molecule has 0 radical (unpaired) electrons. The van der Waals surface area contributed by atoms with Gasteiger partial charge in [-0.2, -0.15) is 0 Å². The van der Waals surface area contributed by atoms with Gasteiger partial charge in [0.05, 0.1) is 18.0 Å². The molecule has 0 bridgehead atoms. The second-order valence-electron chi connectivity index (χ2n) is 5.42. The molecule has 0 unspecified atom stereocenters. The Morgan fingerprint density at radius 3 is 3.00 bits per heavy atom. The first-order valence-corrected chi connectivity index (χ1v) is 8.22. The number of carbonyl (C=O) groups is 1. The van der Waals surface area contributed by atoms with Crippen molar-refractivity contribution >= 4 is 27.3 Å². The first kappa shape index (κ1) is 14.3. The van der Waals surface area contributed by atoms with Crippen LogP contribution in [-0.4, -0.2) is 40.7 Å². The Kier molecular flexibility index (Phi) is 3.59. The van der Waals surface area contributed by atoms with Crippen molar-refractivity contribution in [1.29, 1.82) is 0 Å². The summed E-state index contributed by atoms with van der Waals surface area (Å²) in [6.45, 7) is 3.19. The number of benzene rings is 1. The average molecular weight is 329 g/mol. The summed E-state index contributed by atoms with van der Waals surface area (Å²) in [5, 5.41) is 8.91. The molecule has 1 aliphatic rings. The van der Waals surface area contributed by atoms with Gasteiger partial charge in [-0.15, -0.1) is 21.5 Å². The quantitative estimate of drug-likeness (QED) is 0.723. The molecule has 7 heteroatoms. The number of hydrogen-bond donors (Lipinski definition) is 0. The van der Waals surface area contributed by atoms with Crippen LogP contribution in [0.3, 0.4) is 0 Å². The zero-order chi connectivity index (χ0) is 15.8. The van der Waals surface area contributed by atoms with Crippen molar-refractivity contribution in [2.45, 2.75) is 13.0 Å². The molecule has 2 aromatic heterocycles. The summed E-state index contributed by atoms with van der Waals surface area (Å²) in [7, 11) is 0. The maximum atomic E-state index is 12.8. The third-order valence-electron chi connectivity index (χ3n) is 3.81. The number of nitrogens with zero attached hydrogens (tertiary/aromatic N) is 3. The lowest BCUT2D eigenvalue weighted by Gasteiger charge is -2.30. The number of thiophene rings is 1. The fourth-order valence-electron chi connectivity index (χ4n) is 2.67. The molecule has 1 saturated heterocycles. The molecule has 0 spiro atoms. The minimum atomic E-state index is -0.358. The molecule has 1 atom stereocenters. The van der Waals surface area contributed by atoms with E-state index < -0.39 is 0 Å². The summed E-state index contributed by atoms with van der Waals surface area (Å²) in [5.41, 5.74) is 0. The summed E-state index contributed by atoms with van der Waals surface area (Å²) < 4.78 is 12.2. The van der Waals surface area contributed by atoms with Gasteiger partial charge in [0, 0.05) is 18.2 Å². The monoisotopic (exact) mass is 329 g/mol. The van der Waals surface area contributed by atoms with Crippen molar-refractivity contribution in [2.24, 2.45) is 0 Å². The topological polar surface area (TPSA) is 68.5 Å². The maximum Gasteiger partial charge on any atom is 0.264 e. The fraction of sp³-hybridized carbons (Fsp3) is 0.312. The largest absolute Gasteiger partial charge is 0.423 e. The lowest BCUT2D eigenvalue weighted by molar-refractivity contribution is -0.0347. The number of amides is 1. The summed E-state index contributed by atoms with van der Waals surface area (Å²) in [6.07, 6.45) is -0.358. The summed E-state index contributed by atoms with van der Waals surface area (Å²) in [4.78, 5) is 15.3. The average Bonchev–Trinajstić information content (AvgIpc) is 3.20. The highest BCUT2D eigenvalue weighted by Gasteiger charge is 2.30. The molecule has 0 aliphatic carbocycles. The molecule has 23 heavy (non-hydrogen) atoms. The fourth-order valence-corrected chi connectivity index (χ4v) is 3.70. The number of fused-ring (bicyclic) bond motifs is 1. The molecule has 6 nitrogen and oxygen atoms in total. The van der Waals surface area contributed by atoms with E-state index in [1.54, 1.807) is 11.8 Å². The highest BCUT2D eigenvalue weighted by molar-refractivity contribution is 7.20. The Labute approximate surface area is 136 Å². The molecule has 0 saturated carbocycles. The van der Waals surface area contributed by atoms with Gasteiger partial charge in [0.2, 0.25) is 11.8 Å². The predicted octanol–water partition coefficient (Wildman–Crippen LogP) is 2.81. The first-order chi connectivity index (χ1) is 11.2. The highest BCUT2D eigenvalue weighted by atomic mass is 32.1. The second kappa shape index (κ2) is 5.75. The van der Waals surface area contributed by atoms with E-state index in [-0.39, 0.29) is 12.0 Å². The standard InChI is InChI=1S/C16H15N3O3S/c1-10-17-18-15(22-10)12-9-19(6-7-21-12)16(20)14-8-11-4-2-3-5-13(11)23-14/h2-5,8,12H,6-7,9H2,1H3/t12-/m0/s1. The van der Waals surface area contributed by atoms with Crippen molar-refractivity contribution in [3.63, 3.8) is 0 Å². The number of ether oxygens (including phenoxy) is 1. The molecule has 118 valence electrons. The van der Waals surface area contributed by atoms with Crippen molar-refractivity contribution in [3.05, 3.63) is 47.0 Å². The molecule has 3 heterocycles. The molecule has 1 amide bonds. The number of rotatable bonds is 2. The van der Waals surface area contributed by atoms with Crippen LogP contribution in [0.15, 0.2) is 34.7 Å². The van der Waals surface area contributed by atoms with Gasteiger partial charge in [0.1, 0.15) is 0 Å². The SMILES string of the molecule is Cc1nnc([C@@H]2CN(C(=O)c3cc4ccccc4s3)CCO2)o1. The van der Waals surface area contributed by atoms with E-state index in [4.69, 9.17) is 9.15 Å². The normalized spacial score (nSPS) is 18.5. The number of morpholine rings is 1. The number of carbonyl (C=O) groups excluding carboxylic acids is 1. The highest BCUT2D eigenvalue weighted by Crippen LogP contribution is 2.28. The van der Waals surface area contributed by atoms with Gasteiger partial charge in [-0.05, 0) is 17.5 Å². The van der Waals surface area contributed by atoms with Gasteiger partial charge in [0.15, 0.2) is 6.10 Å². The van der Waals surface area contributed by atoms with Crippen molar-refractivity contribution in [3.8, 4) is 0 Å². The van der Waals surface area contributed by atoms with Crippen LogP contribution in [0.4, 0.5) is 0 Å². The molecule has 3 aromatic rings. The lowest BCUT2D eigenvalue weighted by atomic mass is 10.2. The van der Waals surface area contributed by atoms with Gasteiger partial charge in [-0.25, -0.2) is 0 Å². The third-order valence-corrected chi connectivity index (χ3v) is 4.91. The number of aromatic nitrogens is 2. The summed E-state index contributed by atoms with van der Waals surface area (Å²) in [5.74, 6) is 0.948. The Hall–Kier alpha value is -2.25. The minimum Gasteiger partial charge on any atom is -0.423 e. The van der Waals surface area contributed by atoms with E-state index in [0.29, 0.717) is 31.5 Å². The minimum absolute atomic E-state index is 0.0238. The van der Waals surface area contributed by atoms with E-state index in [1.165, 1.54) is 11.3 Å². The molecular formula is C16H15N3O3S. The van der Waals surface area contributed by atoms with Crippen LogP contribution >= 0.6 is 11.3 Å². The zero-order valence-corrected chi connectivity index (χ0v) is 13.4. The predicted molar refractivity (Wildman–Crippen MR) is 85.5 cm³/mol. The van der Waals surface area contributed by atoms with Crippen molar-refractivity contribution in [2.75, 3.05) is 19.7 Å². The molecule has 1 fully saturated rings. The Balaban J connectivity index is 1.55. The van der Waals surface area contributed by atoms with Crippen molar-refractivity contribution < 1.29 is 13.9 Å². The number of aryl methyl sites for hydroxylation is 1. The summed E-state index contributed by atoms with van der Waals surface area (Å²) in [6, 6.07) is 9.96. The van der Waals surface area contributed by atoms with Crippen LogP contribution in [0.1, 0.15) is 27.6 Å². The van der Waals surface area contributed by atoms with Gasteiger partial charge >= 0.3 is 0 Å². The lowest BCUT2D eigenvalue weighted by Crippen LogP contribution is -2.42. The second-order valence-corrected chi connectivity index (χ2v) is 6.50. The Morgan fingerprint density at radius 1 is 1.35 bits per heavy atom. The molecule has 4 rings (SSSR count). The van der Waals surface area contributed by atoms with E-state index in [0.717, 1.165) is 15.0 Å². The van der Waals surface area contributed by atoms with Gasteiger partial charge in [0.25, 0.3) is 5.91 Å². The van der Waals surface area contributed by atoms with Crippen molar-refractivity contribution in [1.82, 2.24) is 15.1 Å². The zero-order valence-electron chi connectivity index (χ0n) is 12.6. The van der Waals surface area contributed by atoms with Gasteiger partial charge in [-0.3, -0.25) is 4.79 Å². The Bertz CT molecular complexity index is 824. The number of hydrogen-bond acceptors (Lipinski definition) is 6. The van der Waals surface area contributed by atoms with Crippen LogP contribution in [0.2, 0.25) is 0 Å². The Morgan fingerprint density at radius 2 is 2.22 bits per heavy atom. The van der Waals surface area contributed by atoms with Crippen LogP contribution < -0.4 is 0 Å². The molecule has 1 aromatic carbocycles. The first-order valence-electron chi connectivity index (χ1n) is 7.40. The van der Waals surface area contributed by atoms with Gasteiger partial charge in [-0.1, -0.05) is 18.2 Å². The van der Waals surface area contributed by atoms with Crippen LogP contribution in [0, 0.1) is 6.92 Å².